The van der Waals surface area contributed by atoms with E-state index in [9.17, 15) is 13.2 Å². The Kier molecular flexibility index (Phi) is 7.58. The molecule has 1 aromatic rings. The first kappa shape index (κ1) is 19.3. The number of nitrogens with one attached hydrogen (secondary N) is 1. The van der Waals surface area contributed by atoms with Gasteiger partial charge in [0.15, 0.2) is 0 Å². The van der Waals surface area contributed by atoms with Crippen LogP contribution >= 0.6 is 11.8 Å². The molecule has 134 valence electrons. The predicted octanol–water partition coefficient (Wildman–Crippen LogP) is 2.96. The van der Waals surface area contributed by atoms with Crippen molar-refractivity contribution in [3.05, 3.63) is 35.4 Å². The van der Waals surface area contributed by atoms with Crippen LogP contribution in [-0.4, -0.2) is 39.0 Å². The van der Waals surface area contributed by atoms with E-state index in [0.717, 1.165) is 5.75 Å². The fourth-order valence-electron chi connectivity index (χ4n) is 2.78. The summed E-state index contributed by atoms with van der Waals surface area (Å²) in [6, 6.07) is 6.44. The molecule has 5 nitrogen and oxygen atoms in total. The standard InChI is InChI=1S/C17H25NO4S2/c1-22-17(19)15-9-7-14(8-10-15)13-24(20,21)18-11-12-23-16-5-3-2-4-6-16/h7-10,16,18H,2-6,11-13H2,1H3. The van der Waals surface area contributed by atoms with Gasteiger partial charge in [0.2, 0.25) is 10.0 Å². The fraction of sp³-hybridized carbons (Fsp3) is 0.588. The van der Waals surface area contributed by atoms with Gasteiger partial charge in [-0.25, -0.2) is 17.9 Å². The first-order chi connectivity index (χ1) is 11.5. The van der Waals surface area contributed by atoms with Crippen LogP contribution in [0.1, 0.15) is 48.0 Å². The normalized spacial score (nSPS) is 16.0. The minimum absolute atomic E-state index is 0.0808. The number of hydrogen-bond acceptors (Lipinski definition) is 5. The maximum absolute atomic E-state index is 12.1. The van der Waals surface area contributed by atoms with Crippen LogP contribution in [0, 0.1) is 0 Å². The molecule has 0 heterocycles. The molecule has 0 amide bonds. The van der Waals surface area contributed by atoms with Crippen LogP contribution in [-0.2, 0) is 20.5 Å². The molecule has 1 N–H and O–H groups in total. The molecule has 7 heteroatoms. The first-order valence-electron chi connectivity index (χ1n) is 8.26. The highest BCUT2D eigenvalue weighted by Gasteiger charge is 2.15. The van der Waals surface area contributed by atoms with Crippen molar-refractivity contribution in [2.45, 2.75) is 43.1 Å². The summed E-state index contributed by atoms with van der Waals surface area (Å²) in [6.45, 7) is 0.462. The summed E-state index contributed by atoms with van der Waals surface area (Å²) in [4.78, 5) is 11.4. The zero-order valence-electron chi connectivity index (χ0n) is 14.0. The Morgan fingerprint density at radius 3 is 2.50 bits per heavy atom. The van der Waals surface area contributed by atoms with Crippen LogP contribution in [0.2, 0.25) is 0 Å². The largest absolute Gasteiger partial charge is 0.465 e. The molecule has 1 fully saturated rings. The fourth-order valence-corrected chi connectivity index (χ4v) is 5.28. The van der Waals surface area contributed by atoms with Gasteiger partial charge in [-0.05, 0) is 30.5 Å². The number of carbonyl (C=O) groups is 1. The second kappa shape index (κ2) is 9.44. The molecule has 0 atom stereocenters. The van der Waals surface area contributed by atoms with Crippen molar-refractivity contribution >= 4 is 27.8 Å². The molecule has 0 radical (unpaired) electrons. The average molecular weight is 372 g/mol. The van der Waals surface area contributed by atoms with Crippen LogP contribution in [0.4, 0.5) is 0 Å². The van der Waals surface area contributed by atoms with Gasteiger partial charge in [-0.3, -0.25) is 0 Å². The summed E-state index contributed by atoms with van der Waals surface area (Å²) >= 11 is 1.87. The number of sulfonamides is 1. The summed E-state index contributed by atoms with van der Waals surface area (Å²) in [5.74, 6) is 0.301. The Morgan fingerprint density at radius 2 is 1.88 bits per heavy atom. The van der Waals surface area contributed by atoms with Crippen molar-refractivity contribution in [1.29, 1.82) is 0 Å². The smallest absolute Gasteiger partial charge is 0.337 e. The highest BCUT2D eigenvalue weighted by atomic mass is 32.2. The number of thioether (sulfide) groups is 1. The molecule has 24 heavy (non-hydrogen) atoms. The molecular weight excluding hydrogens is 346 g/mol. The van der Waals surface area contributed by atoms with Gasteiger partial charge < -0.3 is 4.74 Å². The Bertz CT molecular complexity index is 622. The van der Waals surface area contributed by atoms with E-state index in [0.29, 0.717) is 22.9 Å². The molecule has 0 bridgehead atoms. The van der Waals surface area contributed by atoms with Crippen molar-refractivity contribution in [1.82, 2.24) is 4.72 Å². The lowest BCUT2D eigenvalue weighted by molar-refractivity contribution is 0.0600. The number of rotatable bonds is 8. The molecule has 1 aromatic carbocycles. The Morgan fingerprint density at radius 1 is 1.21 bits per heavy atom. The zero-order chi connectivity index (χ0) is 17.4. The Hall–Kier alpha value is -1.05. The number of benzene rings is 1. The molecule has 0 spiro atoms. The third-order valence-electron chi connectivity index (χ3n) is 4.06. The molecule has 1 aliphatic carbocycles. The molecule has 1 saturated carbocycles. The highest BCUT2D eigenvalue weighted by molar-refractivity contribution is 8.00. The van der Waals surface area contributed by atoms with Crippen LogP contribution < -0.4 is 4.72 Å². The Labute approximate surface area is 148 Å². The van der Waals surface area contributed by atoms with Crippen LogP contribution in [0.15, 0.2) is 24.3 Å². The highest BCUT2D eigenvalue weighted by Crippen LogP contribution is 2.27. The van der Waals surface area contributed by atoms with Crippen molar-refractivity contribution in [2.24, 2.45) is 0 Å². The van der Waals surface area contributed by atoms with E-state index < -0.39 is 16.0 Å². The zero-order valence-corrected chi connectivity index (χ0v) is 15.6. The molecular formula is C17H25NO4S2. The van der Waals surface area contributed by atoms with Crippen molar-refractivity contribution < 1.29 is 17.9 Å². The molecule has 2 rings (SSSR count). The summed E-state index contributed by atoms with van der Waals surface area (Å²) in [5.41, 5.74) is 1.06. The molecule has 0 aliphatic heterocycles. The number of esters is 1. The maximum atomic E-state index is 12.1. The molecule has 0 aromatic heterocycles. The second-order valence-corrected chi connectivity index (χ2v) is 9.19. The van der Waals surface area contributed by atoms with Gasteiger partial charge in [0.1, 0.15) is 0 Å². The number of carbonyl (C=O) groups excluding carboxylic acids is 1. The van der Waals surface area contributed by atoms with Crippen LogP contribution in [0.25, 0.3) is 0 Å². The number of methoxy groups -OCH3 is 1. The third kappa shape index (κ3) is 6.45. The summed E-state index contributed by atoms with van der Waals surface area (Å²) in [6.07, 6.45) is 6.43. The lowest BCUT2D eigenvalue weighted by atomic mass is 10.0. The Balaban J connectivity index is 1.75. The van der Waals surface area contributed by atoms with Crippen LogP contribution in [0.3, 0.4) is 0 Å². The second-order valence-electron chi connectivity index (χ2n) is 5.97. The predicted molar refractivity (Wildman–Crippen MR) is 97.7 cm³/mol. The molecule has 0 unspecified atom stereocenters. The van der Waals surface area contributed by atoms with Crippen molar-refractivity contribution in [3.63, 3.8) is 0 Å². The average Bonchev–Trinajstić information content (AvgIpc) is 2.59. The summed E-state index contributed by atoms with van der Waals surface area (Å²) in [5, 5.41) is 0.689. The minimum atomic E-state index is -3.36. The topological polar surface area (TPSA) is 72.5 Å². The van der Waals surface area contributed by atoms with E-state index in [1.165, 1.54) is 39.2 Å². The van der Waals surface area contributed by atoms with E-state index in [1.54, 1.807) is 24.3 Å². The minimum Gasteiger partial charge on any atom is -0.465 e. The number of hydrogen-bond donors (Lipinski definition) is 1. The monoisotopic (exact) mass is 371 g/mol. The van der Waals surface area contributed by atoms with E-state index in [-0.39, 0.29) is 5.75 Å². The van der Waals surface area contributed by atoms with Gasteiger partial charge in [0.25, 0.3) is 0 Å². The summed E-state index contributed by atoms with van der Waals surface area (Å²) in [7, 11) is -2.04. The van der Waals surface area contributed by atoms with E-state index in [4.69, 9.17) is 0 Å². The SMILES string of the molecule is COC(=O)c1ccc(CS(=O)(=O)NCCSC2CCCCC2)cc1. The maximum Gasteiger partial charge on any atom is 0.337 e. The van der Waals surface area contributed by atoms with Crippen LogP contribution in [0.5, 0.6) is 0 Å². The molecule has 1 aliphatic rings. The van der Waals surface area contributed by atoms with Gasteiger partial charge in [0.05, 0.1) is 18.4 Å². The van der Waals surface area contributed by atoms with Gasteiger partial charge in [-0.2, -0.15) is 11.8 Å². The quantitative estimate of drug-likeness (QED) is 0.562. The molecule has 0 saturated heterocycles. The number of ether oxygens (including phenoxy) is 1. The lowest BCUT2D eigenvalue weighted by Gasteiger charge is -2.20. The van der Waals surface area contributed by atoms with E-state index in [1.807, 2.05) is 11.8 Å². The van der Waals surface area contributed by atoms with Gasteiger partial charge >= 0.3 is 5.97 Å². The first-order valence-corrected chi connectivity index (χ1v) is 11.0. The van der Waals surface area contributed by atoms with E-state index >= 15 is 0 Å². The van der Waals surface area contributed by atoms with E-state index in [2.05, 4.69) is 9.46 Å². The summed E-state index contributed by atoms with van der Waals surface area (Å²) < 4.78 is 31.5. The third-order valence-corrected chi connectivity index (χ3v) is 6.80. The lowest BCUT2D eigenvalue weighted by Crippen LogP contribution is -2.28. The van der Waals surface area contributed by atoms with Gasteiger partial charge in [-0.1, -0.05) is 31.4 Å². The van der Waals surface area contributed by atoms with Crippen molar-refractivity contribution in [2.75, 3.05) is 19.4 Å². The van der Waals surface area contributed by atoms with Gasteiger partial charge in [-0.15, -0.1) is 0 Å². The van der Waals surface area contributed by atoms with Crippen molar-refractivity contribution in [3.8, 4) is 0 Å². The van der Waals surface area contributed by atoms with Gasteiger partial charge in [0, 0.05) is 17.5 Å².